The Kier molecular flexibility index (Phi) is 3.14. The highest BCUT2D eigenvalue weighted by atomic mass is 19.1. The van der Waals surface area contributed by atoms with Gasteiger partial charge in [-0.3, -0.25) is 0 Å². The van der Waals surface area contributed by atoms with Gasteiger partial charge in [0.05, 0.1) is 5.56 Å². The van der Waals surface area contributed by atoms with Crippen molar-refractivity contribution in [1.29, 1.82) is 0 Å². The number of carboxylic acid groups (broad SMARTS) is 1. The van der Waals surface area contributed by atoms with E-state index in [0.29, 0.717) is 0 Å². The molecule has 0 unspecified atom stereocenters. The Balaban J connectivity index is 2.48. The van der Waals surface area contributed by atoms with Gasteiger partial charge in [0.15, 0.2) is 11.5 Å². The number of carbonyl (C=O) groups is 1. The molecule has 0 aliphatic heterocycles. The minimum atomic E-state index is -1.20. The van der Waals surface area contributed by atoms with Gasteiger partial charge in [0.25, 0.3) is 0 Å². The fraction of sp³-hybridized carbons (Fsp3) is 0.231. The van der Waals surface area contributed by atoms with Crippen LogP contribution in [0.3, 0.4) is 0 Å². The minimum absolute atomic E-state index is 0.118. The molecule has 0 atom stereocenters. The summed E-state index contributed by atoms with van der Waals surface area (Å²) in [6, 6.07) is 5.89. The van der Waals surface area contributed by atoms with E-state index >= 15 is 0 Å². The summed E-state index contributed by atoms with van der Waals surface area (Å²) in [5.41, 5.74) is 0.931. The first-order valence-corrected chi connectivity index (χ1v) is 5.49. The molecule has 18 heavy (non-hydrogen) atoms. The third-order valence-electron chi connectivity index (χ3n) is 2.65. The molecule has 2 rings (SSSR count). The van der Waals surface area contributed by atoms with Crippen molar-refractivity contribution in [3.8, 4) is 11.3 Å². The third kappa shape index (κ3) is 2.25. The lowest BCUT2D eigenvalue weighted by Crippen LogP contribution is -1.94. The van der Waals surface area contributed by atoms with E-state index in [1.54, 1.807) is 12.1 Å². The first-order valence-electron chi connectivity index (χ1n) is 5.49. The van der Waals surface area contributed by atoms with Gasteiger partial charge in [-0.2, -0.15) is 0 Å². The van der Waals surface area contributed by atoms with Crippen LogP contribution in [0.25, 0.3) is 11.3 Å². The SMILES string of the molecule is CC(C)c1ccc(F)c(-c2cc(C(=O)O)no2)c1. The minimum Gasteiger partial charge on any atom is -0.476 e. The Morgan fingerprint density at radius 1 is 1.39 bits per heavy atom. The maximum Gasteiger partial charge on any atom is 0.358 e. The van der Waals surface area contributed by atoms with Crippen molar-refractivity contribution < 1.29 is 18.8 Å². The first-order chi connectivity index (χ1) is 8.49. The largest absolute Gasteiger partial charge is 0.476 e. The number of carboxylic acids is 1. The molecule has 0 saturated carbocycles. The highest BCUT2D eigenvalue weighted by Crippen LogP contribution is 2.27. The van der Waals surface area contributed by atoms with Crippen molar-refractivity contribution in [1.82, 2.24) is 5.16 Å². The van der Waals surface area contributed by atoms with E-state index in [1.807, 2.05) is 13.8 Å². The van der Waals surface area contributed by atoms with Crippen molar-refractivity contribution in [2.75, 3.05) is 0 Å². The predicted molar refractivity (Wildman–Crippen MR) is 62.9 cm³/mol. The molecule has 0 aliphatic rings. The highest BCUT2D eigenvalue weighted by molar-refractivity contribution is 5.86. The number of aromatic carboxylic acids is 1. The number of rotatable bonds is 3. The second-order valence-corrected chi connectivity index (χ2v) is 4.28. The van der Waals surface area contributed by atoms with Crippen molar-refractivity contribution in [2.45, 2.75) is 19.8 Å². The van der Waals surface area contributed by atoms with Crippen molar-refractivity contribution in [3.63, 3.8) is 0 Å². The Morgan fingerprint density at radius 2 is 2.11 bits per heavy atom. The number of aromatic nitrogens is 1. The Labute approximate surface area is 103 Å². The molecule has 0 aliphatic carbocycles. The van der Waals surface area contributed by atoms with Gasteiger partial charge >= 0.3 is 5.97 Å². The predicted octanol–water partition coefficient (Wildman–Crippen LogP) is 3.30. The monoisotopic (exact) mass is 249 g/mol. The summed E-state index contributed by atoms with van der Waals surface area (Å²) in [7, 11) is 0. The van der Waals surface area contributed by atoms with Gasteiger partial charge in [-0.15, -0.1) is 0 Å². The Bertz CT molecular complexity index is 590. The summed E-state index contributed by atoms with van der Waals surface area (Å²) >= 11 is 0. The second kappa shape index (κ2) is 4.60. The summed E-state index contributed by atoms with van der Waals surface area (Å²) in [5, 5.41) is 12.1. The molecule has 2 aromatic rings. The van der Waals surface area contributed by atoms with Crippen LogP contribution < -0.4 is 0 Å². The van der Waals surface area contributed by atoms with Crippen LogP contribution >= 0.6 is 0 Å². The van der Waals surface area contributed by atoms with Crippen LogP contribution in [-0.4, -0.2) is 16.2 Å². The average molecular weight is 249 g/mol. The zero-order valence-electron chi connectivity index (χ0n) is 9.98. The third-order valence-corrected chi connectivity index (χ3v) is 2.65. The second-order valence-electron chi connectivity index (χ2n) is 4.28. The van der Waals surface area contributed by atoms with Crippen LogP contribution in [0.1, 0.15) is 35.8 Å². The zero-order chi connectivity index (χ0) is 13.3. The molecule has 0 bridgehead atoms. The summed E-state index contributed by atoms with van der Waals surface area (Å²) < 4.78 is 18.6. The Hall–Kier alpha value is -2.17. The maximum atomic E-state index is 13.7. The van der Waals surface area contributed by atoms with Crippen LogP contribution in [0.4, 0.5) is 4.39 Å². The number of hydrogen-bond acceptors (Lipinski definition) is 3. The van der Waals surface area contributed by atoms with Gasteiger partial charge in [-0.25, -0.2) is 9.18 Å². The molecular weight excluding hydrogens is 237 g/mol. The van der Waals surface area contributed by atoms with E-state index in [9.17, 15) is 9.18 Å². The van der Waals surface area contributed by atoms with Crippen molar-refractivity contribution in [3.05, 3.63) is 41.3 Å². The molecule has 5 heteroatoms. The molecule has 1 aromatic carbocycles. The number of benzene rings is 1. The summed E-state index contributed by atoms with van der Waals surface area (Å²) in [5.74, 6) is -1.31. The van der Waals surface area contributed by atoms with Gasteiger partial charge in [0.2, 0.25) is 0 Å². The molecule has 1 aromatic heterocycles. The standard InChI is InChI=1S/C13H12FNO3/c1-7(2)8-3-4-10(14)9(5-8)12-6-11(13(16)17)15-18-12/h3-7H,1-2H3,(H,16,17). The molecule has 0 fully saturated rings. The van der Waals surface area contributed by atoms with Gasteiger partial charge in [0, 0.05) is 6.07 Å². The van der Waals surface area contributed by atoms with E-state index in [1.165, 1.54) is 12.1 Å². The molecule has 1 heterocycles. The lowest BCUT2D eigenvalue weighted by atomic mass is 9.99. The van der Waals surface area contributed by atoms with Crippen molar-refractivity contribution in [2.24, 2.45) is 0 Å². The van der Waals surface area contributed by atoms with Gasteiger partial charge in [0.1, 0.15) is 5.82 Å². The quantitative estimate of drug-likeness (QED) is 0.906. The van der Waals surface area contributed by atoms with Crippen LogP contribution in [0.2, 0.25) is 0 Å². The maximum absolute atomic E-state index is 13.7. The first kappa shape index (κ1) is 12.3. The van der Waals surface area contributed by atoms with Gasteiger partial charge < -0.3 is 9.63 Å². The topological polar surface area (TPSA) is 63.3 Å². The molecule has 0 spiro atoms. The fourth-order valence-corrected chi connectivity index (χ4v) is 1.59. The zero-order valence-corrected chi connectivity index (χ0v) is 9.98. The average Bonchev–Trinajstić information content (AvgIpc) is 2.78. The van der Waals surface area contributed by atoms with Gasteiger partial charge in [-0.1, -0.05) is 25.1 Å². The van der Waals surface area contributed by atoms with E-state index in [-0.39, 0.29) is 22.9 Å². The van der Waals surface area contributed by atoms with E-state index < -0.39 is 11.8 Å². The molecule has 0 saturated heterocycles. The summed E-state index contributed by atoms with van der Waals surface area (Å²) in [4.78, 5) is 10.7. The summed E-state index contributed by atoms with van der Waals surface area (Å²) in [6.07, 6.45) is 0. The van der Waals surface area contributed by atoms with Crippen LogP contribution in [0.15, 0.2) is 28.8 Å². The van der Waals surface area contributed by atoms with E-state index in [4.69, 9.17) is 9.63 Å². The fourth-order valence-electron chi connectivity index (χ4n) is 1.59. The molecule has 4 nitrogen and oxygen atoms in total. The van der Waals surface area contributed by atoms with Crippen LogP contribution in [0.5, 0.6) is 0 Å². The lowest BCUT2D eigenvalue weighted by molar-refractivity contribution is 0.0686. The molecule has 0 radical (unpaired) electrons. The molecule has 0 amide bonds. The highest BCUT2D eigenvalue weighted by Gasteiger charge is 2.16. The normalized spacial score (nSPS) is 10.9. The molecular formula is C13H12FNO3. The molecule has 1 N–H and O–H groups in total. The van der Waals surface area contributed by atoms with E-state index in [2.05, 4.69) is 5.16 Å². The summed E-state index contributed by atoms with van der Waals surface area (Å²) in [6.45, 7) is 3.97. The van der Waals surface area contributed by atoms with E-state index in [0.717, 1.165) is 5.56 Å². The molecule has 94 valence electrons. The van der Waals surface area contributed by atoms with Crippen LogP contribution in [-0.2, 0) is 0 Å². The van der Waals surface area contributed by atoms with Crippen LogP contribution in [0, 0.1) is 5.82 Å². The van der Waals surface area contributed by atoms with Gasteiger partial charge in [-0.05, 0) is 23.6 Å². The Morgan fingerprint density at radius 3 is 2.67 bits per heavy atom. The van der Waals surface area contributed by atoms with Crippen molar-refractivity contribution >= 4 is 5.97 Å². The lowest BCUT2D eigenvalue weighted by Gasteiger charge is -2.07. The number of halogens is 1. The number of hydrogen-bond donors (Lipinski definition) is 1. The smallest absolute Gasteiger partial charge is 0.358 e. The number of nitrogens with zero attached hydrogens (tertiary/aromatic N) is 1.